The van der Waals surface area contributed by atoms with Crippen LogP contribution in [0.4, 0.5) is 4.39 Å². The fourth-order valence-corrected chi connectivity index (χ4v) is 5.52. The number of nitrogens with zero attached hydrogens (tertiary/aromatic N) is 4. The summed E-state index contributed by atoms with van der Waals surface area (Å²) in [5, 5.41) is 19.2. The number of aliphatic carboxylic acids is 1. The van der Waals surface area contributed by atoms with Crippen LogP contribution in [0, 0.1) is 5.82 Å². The number of aromatic amines is 2. The van der Waals surface area contributed by atoms with E-state index in [2.05, 4.69) is 30.1 Å². The number of aromatic nitrogens is 5. The van der Waals surface area contributed by atoms with Gasteiger partial charge in [0.15, 0.2) is 11.4 Å². The monoisotopic (exact) mass is 468 g/mol. The molecule has 0 aliphatic carbocycles. The Hall–Kier alpha value is -3.18. The van der Waals surface area contributed by atoms with Gasteiger partial charge in [0.25, 0.3) is 0 Å². The zero-order valence-corrected chi connectivity index (χ0v) is 18.2. The number of H-pyrrole nitrogens is 2. The van der Waals surface area contributed by atoms with Crippen molar-refractivity contribution in [2.75, 3.05) is 11.5 Å². The van der Waals surface area contributed by atoms with Crippen molar-refractivity contribution >= 4 is 45.4 Å². The molecule has 0 saturated heterocycles. The molecule has 0 fully saturated rings. The highest BCUT2D eigenvalue weighted by Gasteiger charge is 2.43. The van der Waals surface area contributed by atoms with Crippen molar-refractivity contribution < 1.29 is 14.3 Å². The first kappa shape index (κ1) is 20.7. The van der Waals surface area contributed by atoms with Crippen molar-refractivity contribution in [3.05, 3.63) is 60.3 Å². The molecule has 5 rings (SSSR count). The number of rotatable bonds is 7. The summed E-state index contributed by atoms with van der Waals surface area (Å²) >= 11 is 2.82. The highest BCUT2D eigenvalue weighted by molar-refractivity contribution is 8.16. The molecular weight excluding hydrogens is 451 g/mol. The van der Waals surface area contributed by atoms with Gasteiger partial charge in [-0.05, 0) is 41.8 Å². The Bertz CT molecular complexity index is 1320. The van der Waals surface area contributed by atoms with Gasteiger partial charge in [0.05, 0.1) is 5.04 Å². The number of aliphatic imine (C=N–C) groups is 1. The molecule has 1 aromatic carbocycles. The van der Waals surface area contributed by atoms with E-state index in [0.717, 1.165) is 16.0 Å². The minimum absolute atomic E-state index is 0.200. The molecule has 4 heterocycles. The average molecular weight is 469 g/mol. The van der Waals surface area contributed by atoms with Crippen LogP contribution in [0.2, 0.25) is 0 Å². The van der Waals surface area contributed by atoms with Crippen LogP contribution in [-0.4, -0.2) is 58.3 Å². The van der Waals surface area contributed by atoms with Gasteiger partial charge in [0.2, 0.25) is 5.16 Å². The topological polar surface area (TPSA) is 120 Å². The number of hydrogen-bond donors (Lipinski definition) is 3. The molecule has 4 aromatic rings. The van der Waals surface area contributed by atoms with Gasteiger partial charge in [0.1, 0.15) is 5.82 Å². The van der Waals surface area contributed by atoms with E-state index in [0.29, 0.717) is 33.7 Å². The van der Waals surface area contributed by atoms with Crippen LogP contribution in [0.25, 0.3) is 22.3 Å². The summed E-state index contributed by atoms with van der Waals surface area (Å²) in [7, 11) is 0. The number of nitrogens with one attached hydrogen (secondary N) is 2. The van der Waals surface area contributed by atoms with Crippen LogP contribution < -0.4 is 0 Å². The van der Waals surface area contributed by atoms with Crippen LogP contribution in [0.5, 0.6) is 0 Å². The summed E-state index contributed by atoms with van der Waals surface area (Å²) in [5.41, 5.74) is 0.920. The lowest BCUT2D eigenvalue weighted by molar-refractivity contribution is -0.142. The van der Waals surface area contributed by atoms with Gasteiger partial charge in [-0.2, -0.15) is 0 Å². The first-order chi connectivity index (χ1) is 15.5. The third-order valence-electron chi connectivity index (χ3n) is 5.06. The zero-order chi connectivity index (χ0) is 22.1. The van der Waals surface area contributed by atoms with Crippen molar-refractivity contribution in [1.29, 1.82) is 0 Å². The number of hydrogen-bond acceptors (Lipinski definition) is 7. The van der Waals surface area contributed by atoms with E-state index in [4.69, 9.17) is 0 Å². The minimum atomic E-state index is -1.26. The summed E-state index contributed by atoms with van der Waals surface area (Å²) < 4.78 is 13.5. The highest BCUT2D eigenvalue weighted by Crippen LogP contribution is 2.34. The van der Waals surface area contributed by atoms with Gasteiger partial charge in [-0.15, -0.1) is 16.9 Å². The van der Waals surface area contributed by atoms with Crippen LogP contribution in [0.1, 0.15) is 5.69 Å². The first-order valence-electron chi connectivity index (χ1n) is 9.68. The summed E-state index contributed by atoms with van der Waals surface area (Å²) in [6.45, 7) is 0. The van der Waals surface area contributed by atoms with Gasteiger partial charge in [0, 0.05) is 47.1 Å². The highest BCUT2D eigenvalue weighted by atomic mass is 32.2. The van der Waals surface area contributed by atoms with Crippen molar-refractivity contribution in [2.24, 2.45) is 4.99 Å². The van der Waals surface area contributed by atoms with Crippen LogP contribution in [0.3, 0.4) is 0 Å². The molecule has 3 N–H and O–H groups in total. The van der Waals surface area contributed by atoms with Crippen molar-refractivity contribution in [1.82, 2.24) is 25.1 Å². The molecular formula is C21H17FN6O2S2. The zero-order valence-electron chi connectivity index (χ0n) is 16.6. The minimum Gasteiger partial charge on any atom is -0.479 e. The summed E-state index contributed by atoms with van der Waals surface area (Å²) in [6, 6.07) is 10.0. The second-order valence-corrected chi connectivity index (χ2v) is 9.32. The molecule has 3 aromatic heterocycles. The molecule has 1 unspecified atom stereocenters. The van der Waals surface area contributed by atoms with E-state index in [-0.39, 0.29) is 12.2 Å². The van der Waals surface area contributed by atoms with Gasteiger partial charge < -0.3 is 10.1 Å². The normalized spacial score (nSPS) is 18.2. The molecule has 0 spiro atoms. The Morgan fingerprint density at radius 3 is 3.03 bits per heavy atom. The lowest BCUT2D eigenvalue weighted by atomic mass is 9.96. The number of halogens is 1. The molecule has 1 aliphatic rings. The van der Waals surface area contributed by atoms with Gasteiger partial charge in [-0.1, -0.05) is 11.8 Å². The molecule has 162 valence electrons. The van der Waals surface area contributed by atoms with E-state index >= 15 is 0 Å². The fraction of sp³-hybridized carbons (Fsp3) is 0.190. The maximum atomic E-state index is 13.5. The van der Waals surface area contributed by atoms with Crippen LogP contribution in [0.15, 0.2) is 58.9 Å². The Morgan fingerprint density at radius 2 is 2.22 bits per heavy atom. The lowest BCUT2D eigenvalue weighted by Crippen LogP contribution is -2.39. The van der Waals surface area contributed by atoms with Crippen molar-refractivity contribution in [3.63, 3.8) is 0 Å². The largest absolute Gasteiger partial charge is 0.479 e. The molecule has 11 heteroatoms. The van der Waals surface area contributed by atoms with E-state index in [9.17, 15) is 14.3 Å². The Morgan fingerprint density at radius 1 is 1.31 bits per heavy atom. The second-order valence-electron chi connectivity index (χ2n) is 7.33. The lowest BCUT2D eigenvalue weighted by Gasteiger charge is -2.19. The summed E-state index contributed by atoms with van der Waals surface area (Å²) in [4.78, 5) is 28.4. The number of benzene rings is 1. The molecule has 0 radical (unpaired) electrons. The summed E-state index contributed by atoms with van der Waals surface area (Å²) in [5.74, 6) is 0.105. The summed E-state index contributed by atoms with van der Waals surface area (Å²) in [6.07, 6.45) is 3.59. The number of thioether (sulfide) groups is 2. The second kappa shape index (κ2) is 8.40. The first-order valence-corrected chi connectivity index (χ1v) is 11.7. The van der Waals surface area contributed by atoms with Gasteiger partial charge >= 0.3 is 5.97 Å². The molecule has 1 aliphatic heterocycles. The number of fused-ring (bicyclic) bond motifs is 1. The molecule has 32 heavy (non-hydrogen) atoms. The maximum Gasteiger partial charge on any atom is 0.332 e. The molecule has 0 saturated carbocycles. The number of carboxylic acids is 1. The van der Waals surface area contributed by atoms with Crippen LogP contribution >= 0.6 is 23.5 Å². The Kier molecular flexibility index (Phi) is 5.43. The molecule has 0 bridgehead atoms. The van der Waals surface area contributed by atoms with E-state index in [1.54, 1.807) is 18.5 Å². The van der Waals surface area contributed by atoms with Crippen molar-refractivity contribution in [3.8, 4) is 11.4 Å². The van der Waals surface area contributed by atoms with E-state index in [1.807, 2.05) is 18.2 Å². The fourth-order valence-electron chi connectivity index (χ4n) is 3.49. The quantitative estimate of drug-likeness (QED) is 0.353. The van der Waals surface area contributed by atoms with E-state index in [1.165, 1.54) is 35.7 Å². The standard InChI is InChI=1S/C21H17FN6O2S2/c22-14-4-3-12-6-15(24-16(12)7-14)8-21(19(29)30)11-32-17(26-21)10-31-20-25-18(27-28-20)13-2-1-5-23-9-13/h1-7,9,24H,8,10-11H2,(H,29,30)(H,25,27,28). The predicted molar refractivity (Wildman–Crippen MR) is 123 cm³/mol. The third-order valence-corrected chi connectivity index (χ3v) is 7.29. The SMILES string of the molecule is O=C(O)C1(Cc2cc3ccc(F)cc3[nH]2)CSC(CSc2n[nH]c(-c3cccnc3)n2)=N1. The molecule has 8 nitrogen and oxygen atoms in total. The maximum absolute atomic E-state index is 13.5. The van der Waals surface area contributed by atoms with Gasteiger partial charge in [-0.3, -0.25) is 15.1 Å². The van der Waals surface area contributed by atoms with Crippen LogP contribution in [-0.2, 0) is 11.2 Å². The Labute approximate surface area is 190 Å². The van der Waals surface area contributed by atoms with Gasteiger partial charge in [-0.25, -0.2) is 14.2 Å². The third kappa shape index (κ3) is 4.13. The number of carboxylic acid groups (broad SMARTS) is 1. The van der Waals surface area contributed by atoms with E-state index < -0.39 is 11.5 Å². The molecule has 0 amide bonds. The number of pyridine rings is 1. The predicted octanol–water partition coefficient (Wildman–Crippen LogP) is 3.79. The average Bonchev–Trinajstić information content (AvgIpc) is 3.51. The van der Waals surface area contributed by atoms with Crippen molar-refractivity contribution in [2.45, 2.75) is 17.1 Å². The smallest absolute Gasteiger partial charge is 0.332 e. The number of carbonyl (C=O) groups is 1. The molecule has 1 atom stereocenters. The Balaban J connectivity index is 1.30.